The van der Waals surface area contributed by atoms with Crippen molar-refractivity contribution in [1.82, 2.24) is 14.5 Å². The summed E-state index contributed by atoms with van der Waals surface area (Å²) in [6, 6.07) is 6.50. The van der Waals surface area contributed by atoms with Gasteiger partial charge in [0.25, 0.3) is 0 Å². The maximum atomic E-state index is 5.46. The Bertz CT molecular complexity index is 631. The highest BCUT2D eigenvalue weighted by Gasteiger charge is 2.23. The van der Waals surface area contributed by atoms with Gasteiger partial charge in [-0.15, -0.1) is 0 Å². The molecule has 0 amide bonds. The van der Waals surface area contributed by atoms with Crippen LogP contribution in [0.15, 0.2) is 18.2 Å². The molecule has 3 rings (SSSR count). The molecule has 0 saturated carbocycles. The van der Waals surface area contributed by atoms with Gasteiger partial charge >= 0.3 is 0 Å². The highest BCUT2D eigenvalue weighted by Crippen LogP contribution is 2.28. The van der Waals surface area contributed by atoms with E-state index in [-0.39, 0.29) is 0 Å². The standard InChI is InChI=1S/C13H17N3OS/c1-15-6-5-9(8-15)16-12-7-10(17-2)3-4-11(12)14-13(16)18/h3-4,7,9H,5-6,8H2,1-2H3,(H,14,18). The molecule has 1 unspecified atom stereocenters. The van der Waals surface area contributed by atoms with Crippen LogP contribution in [0.1, 0.15) is 12.5 Å². The van der Waals surface area contributed by atoms with E-state index < -0.39 is 0 Å². The van der Waals surface area contributed by atoms with Crippen molar-refractivity contribution in [2.75, 3.05) is 27.2 Å². The molecule has 0 radical (unpaired) electrons. The van der Waals surface area contributed by atoms with Gasteiger partial charge in [-0.25, -0.2) is 0 Å². The van der Waals surface area contributed by atoms with Crippen molar-refractivity contribution >= 4 is 23.3 Å². The van der Waals surface area contributed by atoms with E-state index in [1.54, 1.807) is 7.11 Å². The van der Waals surface area contributed by atoms with Crippen LogP contribution in [0.25, 0.3) is 11.0 Å². The number of likely N-dealkylation sites (tertiary alicyclic amines) is 1. The van der Waals surface area contributed by atoms with Crippen molar-refractivity contribution in [2.45, 2.75) is 12.5 Å². The van der Waals surface area contributed by atoms with Crippen LogP contribution in [0.2, 0.25) is 0 Å². The minimum absolute atomic E-state index is 0.461. The zero-order valence-corrected chi connectivity index (χ0v) is 11.5. The van der Waals surface area contributed by atoms with Gasteiger partial charge < -0.3 is 19.2 Å². The molecule has 1 aromatic carbocycles. The first kappa shape index (κ1) is 11.7. The fourth-order valence-corrected chi connectivity index (χ4v) is 3.07. The van der Waals surface area contributed by atoms with Gasteiger partial charge in [-0.2, -0.15) is 0 Å². The molecule has 0 spiro atoms. The van der Waals surface area contributed by atoms with E-state index in [2.05, 4.69) is 27.6 Å². The fraction of sp³-hybridized carbons (Fsp3) is 0.462. The van der Waals surface area contributed by atoms with E-state index in [0.717, 1.165) is 41.1 Å². The van der Waals surface area contributed by atoms with Crippen molar-refractivity contribution < 1.29 is 4.74 Å². The quantitative estimate of drug-likeness (QED) is 0.845. The van der Waals surface area contributed by atoms with Gasteiger partial charge in [0.05, 0.1) is 24.2 Å². The molecule has 2 heterocycles. The zero-order chi connectivity index (χ0) is 12.7. The number of methoxy groups -OCH3 is 1. The number of fused-ring (bicyclic) bond motifs is 1. The summed E-state index contributed by atoms with van der Waals surface area (Å²) in [7, 11) is 3.84. The average molecular weight is 263 g/mol. The minimum Gasteiger partial charge on any atom is -0.497 e. The summed E-state index contributed by atoms with van der Waals surface area (Å²) in [5, 5.41) is 0. The monoisotopic (exact) mass is 263 g/mol. The highest BCUT2D eigenvalue weighted by molar-refractivity contribution is 7.71. The largest absolute Gasteiger partial charge is 0.497 e. The number of nitrogens with one attached hydrogen (secondary N) is 1. The number of aromatic nitrogens is 2. The van der Waals surface area contributed by atoms with E-state index in [9.17, 15) is 0 Å². The molecule has 4 nitrogen and oxygen atoms in total. The molecule has 0 aliphatic carbocycles. The molecule has 0 bridgehead atoms. The first-order valence-corrected chi connectivity index (χ1v) is 6.56. The van der Waals surface area contributed by atoms with E-state index in [0.29, 0.717) is 6.04 Å². The number of ether oxygens (including phenoxy) is 1. The van der Waals surface area contributed by atoms with Crippen LogP contribution in [0.4, 0.5) is 0 Å². The SMILES string of the molecule is COc1ccc2[nH]c(=S)n(C3CCN(C)C3)c2c1. The molecule has 5 heteroatoms. The van der Waals surface area contributed by atoms with E-state index in [1.807, 2.05) is 12.1 Å². The van der Waals surface area contributed by atoms with Gasteiger partial charge in [-0.05, 0) is 44.4 Å². The third kappa shape index (κ3) is 1.83. The Morgan fingerprint density at radius 2 is 2.28 bits per heavy atom. The Balaban J connectivity index is 2.15. The third-order valence-corrected chi connectivity index (χ3v) is 3.96. The highest BCUT2D eigenvalue weighted by atomic mass is 32.1. The number of likely N-dealkylation sites (N-methyl/N-ethyl adjacent to an activating group) is 1. The molecule has 1 aliphatic heterocycles. The molecular weight excluding hydrogens is 246 g/mol. The van der Waals surface area contributed by atoms with Crippen LogP contribution < -0.4 is 4.74 Å². The van der Waals surface area contributed by atoms with Crippen LogP contribution >= 0.6 is 12.2 Å². The number of hydrogen-bond donors (Lipinski definition) is 1. The van der Waals surface area contributed by atoms with Crippen molar-refractivity contribution in [3.8, 4) is 5.75 Å². The van der Waals surface area contributed by atoms with Gasteiger partial charge in [0.2, 0.25) is 0 Å². The molecule has 1 N–H and O–H groups in total. The molecule has 96 valence electrons. The van der Waals surface area contributed by atoms with Crippen molar-refractivity contribution in [1.29, 1.82) is 0 Å². The van der Waals surface area contributed by atoms with Crippen LogP contribution in [0, 0.1) is 4.77 Å². The first-order valence-electron chi connectivity index (χ1n) is 6.16. The summed E-state index contributed by atoms with van der Waals surface area (Å²) in [5.74, 6) is 0.872. The Labute approximate surface area is 111 Å². The first-order chi connectivity index (χ1) is 8.69. The minimum atomic E-state index is 0.461. The molecule has 1 atom stereocenters. The van der Waals surface area contributed by atoms with Crippen LogP contribution in [-0.2, 0) is 0 Å². The van der Waals surface area contributed by atoms with Crippen molar-refractivity contribution in [3.05, 3.63) is 23.0 Å². The number of hydrogen-bond acceptors (Lipinski definition) is 3. The molecule has 1 saturated heterocycles. The smallest absolute Gasteiger partial charge is 0.178 e. The summed E-state index contributed by atoms with van der Waals surface area (Å²) in [6.07, 6.45) is 1.15. The summed E-state index contributed by atoms with van der Waals surface area (Å²) >= 11 is 5.46. The lowest BCUT2D eigenvalue weighted by atomic mass is 10.2. The number of imidazole rings is 1. The normalized spacial score (nSPS) is 20.7. The third-order valence-electron chi connectivity index (χ3n) is 3.66. The molecule has 18 heavy (non-hydrogen) atoms. The Morgan fingerprint density at radius 1 is 1.44 bits per heavy atom. The number of aromatic amines is 1. The lowest BCUT2D eigenvalue weighted by Crippen LogP contribution is -2.16. The van der Waals surface area contributed by atoms with Gasteiger partial charge in [-0.1, -0.05) is 0 Å². The lowest BCUT2D eigenvalue weighted by molar-refractivity contribution is 0.393. The lowest BCUT2D eigenvalue weighted by Gasteiger charge is -2.13. The molecule has 1 aromatic heterocycles. The van der Waals surface area contributed by atoms with Crippen LogP contribution in [-0.4, -0.2) is 41.7 Å². The second-order valence-electron chi connectivity index (χ2n) is 4.89. The number of nitrogens with zero attached hydrogens (tertiary/aromatic N) is 2. The number of benzene rings is 1. The topological polar surface area (TPSA) is 33.2 Å². The number of rotatable bonds is 2. The van der Waals surface area contributed by atoms with E-state index >= 15 is 0 Å². The maximum Gasteiger partial charge on any atom is 0.178 e. The van der Waals surface area contributed by atoms with Crippen molar-refractivity contribution in [3.63, 3.8) is 0 Å². The summed E-state index contributed by atoms with van der Waals surface area (Å²) in [5.41, 5.74) is 2.22. The van der Waals surface area contributed by atoms with Gasteiger partial charge in [0, 0.05) is 12.6 Å². The molecule has 2 aromatic rings. The average Bonchev–Trinajstić information content (AvgIpc) is 2.90. The number of H-pyrrole nitrogens is 1. The second kappa shape index (κ2) is 4.40. The fourth-order valence-electron chi connectivity index (χ4n) is 2.71. The zero-order valence-electron chi connectivity index (χ0n) is 10.6. The molecule has 1 aliphatic rings. The van der Waals surface area contributed by atoms with E-state index in [1.165, 1.54) is 0 Å². The van der Waals surface area contributed by atoms with Gasteiger partial charge in [-0.3, -0.25) is 0 Å². The summed E-state index contributed by atoms with van der Waals surface area (Å²) < 4.78 is 8.34. The Morgan fingerprint density at radius 3 is 2.94 bits per heavy atom. The maximum absolute atomic E-state index is 5.46. The molecule has 1 fully saturated rings. The molecular formula is C13H17N3OS. The van der Waals surface area contributed by atoms with Gasteiger partial charge in [0.1, 0.15) is 5.75 Å². The van der Waals surface area contributed by atoms with Crippen molar-refractivity contribution in [2.24, 2.45) is 0 Å². The Hall–Kier alpha value is -1.33. The second-order valence-corrected chi connectivity index (χ2v) is 5.27. The van der Waals surface area contributed by atoms with E-state index in [4.69, 9.17) is 17.0 Å². The van der Waals surface area contributed by atoms with Gasteiger partial charge in [0.15, 0.2) is 4.77 Å². The predicted octanol–water partition coefficient (Wildman–Crippen LogP) is 2.58. The summed E-state index contributed by atoms with van der Waals surface area (Å²) in [6.45, 7) is 2.18. The predicted molar refractivity (Wildman–Crippen MR) is 74.8 cm³/mol. The Kier molecular flexibility index (Phi) is 2.87. The van der Waals surface area contributed by atoms with Crippen LogP contribution in [0.3, 0.4) is 0 Å². The summed E-state index contributed by atoms with van der Waals surface area (Å²) in [4.78, 5) is 5.61. The van der Waals surface area contributed by atoms with Crippen LogP contribution in [0.5, 0.6) is 5.75 Å².